The molecule has 0 radical (unpaired) electrons. The van der Waals surface area contributed by atoms with Gasteiger partial charge in [-0.15, -0.1) is 10.2 Å². The molecule has 1 saturated heterocycles. The molecule has 1 aromatic heterocycles. The summed E-state index contributed by atoms with van der Waals surface area (Å²) in [5.41, 5.74) is 0.857. The first-order valence-electron chi connectivity index (χ1n) is 13.0. The monoisotopic (exact) mass is 499 g/mol. The molecule has 9 heteroatoms. The minimum Gasteiger partial charge on any atom is -0.420 e. The zero-order valence-corrected chi connectivity index (χ0v) is 20.7. The minimum atomic E-state index is -0.0164. The number of hydrogen-bond acceptors (Lipinski definition) is 6. The Balaban J connectivity index is 1.02. The van der Waals surface area contributed by atoms with E-state index in [1.165, 1.54) is 6.42 Å². The average molecular weight is 500 g/mol. The van der Waals surface area contributed by atoms with Crippen LogP contribution in [0.2, 0.25) is 5.02 Å². The summed E-state index contributed by atoms with van der Waals surface area (Å²) in [4.78, 5) is 24.9. The van der Waals surface area contributed by atoms with Gasteiger partial charge in [0.05, 0.1) is 12.1 Å². The maximum absolute atomic E-state index is 12.5. The fraction of sp³-hybridized carbons (Fsp3) is 0.615. The highest BCUT2D eigenvalue weighted by Crippen LogP contribution is 2.34. The summed E-state index contributed by atoms with van der Waals surface area (Å²) < 4.78 is 5.93. The second-order valence-corrected chi connectivity index (χ2v) is 10.6. The number of nitrogens with zero attached hydrogens (tertiary/aromatic N) is 2. The summed E-state index contributed by atoms with van der Waals surface area (Å²) in [6, 6.07) is 7.85. The SMILES string of the molecule is O=C(CCCC1NC(=O)C2CCCCC2N1)NC1CCC(c2nnc(-c3ccc(Cl)cc3)o2)CC1. The summed E-state index contributed by atoms with van der Waals surface area (Å²) in [6.45, 7) is 0. The maximum Gasteiger partial charge on any atom is 0.247 e. The third-order valence-corrected chi connectivity index (χ3v) is 7.96. The van der Waals surface area contributed by atoms with Gasteiger partial charge in [0.2, 0.25) is 23.6 Å². The quantitative estimate of drug-likeness (QED) is 0.523. The van der Waals surface area contributed by atoms with Gasteiger partial charge in [-0.25, -0.2) is 0 Å². The molecule has 3 fully saturated rings. The van der Waals surface area contributed by atoms with E-state index in [2.05, 4.69) is 26.1 Å². The number of rotatable bonds is 7. The highest BCUT2D eigenvalue weighted by Gasteiger charge is 2.37. The maximum atomic E-state index is 12.5. The lowest BCUT2D eigenvalue weighted by Gasteiger charge is -2.40. The number of carbonyl (C=O) groups excluding carboxylic acids is 2. The molecule has 8 nitrogen and oxygen atoms in total. The Labute approximate surface area is 211 Å². The Hall–Kier alpha value is -2.45. The highest BCUT2D eigenvalue weighted by molar-refractivity contribution is 6.30. The molecule has 1 aromatic carbocycles. The molecule has 0 spiro atoms. The Morgan fingerprint density at radius 1 is 1.06 bits per heavy atom. The van der Waals surface area contributed by atoms with Crippen molar-refractivity contribution in [3.8, 4) is 11.5 Å². The normalized spacial score (nSPS) is 28.7. The number of aromatic nitrogens is 2. The van der Waals surface area contributed by atoms with E-state index in [0.717, 1.165) is 63.4 Å². The first-order valence-corrected chi connectivity index (χ1v) is 13.4. The first kappa shape index (κ1) is 24.3. The van der Waals surface area contributed by atoms with E-state index in [1.807, 2.05) is 24.3 Å². The predicted octanol–water partition coefficient (Wildman–Crippen LogP) is 4.31. The molecule has 35 heavy (non-hydrogen) atoms. The highest BCUT2D eigenvalue weighted by atomic mass is 35.5. The molecule has 3 unspecified atom stereocenters. The number of fused-ring (bicyclic) bond motifs is 1. The topological polar surface area (TPSA) is 109 Å². The molecule has 2 amide bonds. The van der Waals surface area contributed by atoms with Crippen LogP contribution in [0.3, 0.4) is 0 Å². The van der Waals surface area contributed by atoms with Crippen molar-refractivity contribution in [1.29, 1.82) is 0 Å². The second kappa shape index (κ2) is 11.1. The van der Waals surface area contributed by atoms with Crippen molar-refractivity contribution in [2.24, 2.45) is 5.92 Å². The third-order valence-electron chi connectivity index (χ3n) is 7.70. The van der Waals surface area contributed by atoms with Crippen molar-refractivity contribution in [2.75, 3.05) is 0 Å². The van der Waals surface area contributed by atoms with E-state index >= 15 is 0 Å². The van der Waals surface area contributed by atoms with E-state index in [-0.39, 0.29) is 35.9 Å². The van der Waals surface area contributed by atoms with Gasteiger partial charge in [-0.1, -0.05) is 24.4 Å². The van der Waals surface area contributed by atoms with Crippen LogP contribution in [0.5, 0.6) is 0 Å². The van der Waals surface area contributed by atoms with E-state index in [9.17, 15) is 9.59 Å². The molecule has 3 atom stereocenters. The fourth-order valence-corrected chi connectivity index (χ4v) is 5.86. The third kappa shape index (κ3) is 6.04. The second-order valence-electron chi connectivity index (χ2n) is 10.2. The average Bonchev–Trinajstić information content (AvgIpc) is 3.35. The standard InChI is InChI=1S/C26H34ClN5O3/c27-18-12-8-16(9-13-18)25-31-32-26(35-25)17-10-14-19(15-11-17)28-23(33)7-3-6-22-29-21-5-2-1-4-20(21)24(34)30-22/h8-9,12-13,17,19-22,29H,1-7,10-11,14-15H2,(H,28,33)(H,30,34). The van der Waals surface area contributed by atoms with E-state index in [4.69, 9.17) is 16.0 Å². The zero-order chi connectivity index (χ0) is 24.2. The molecule has 3 aliphatic rings. The lowest BCUT2D eigenvalue weighted by molar-refractivity contribution is -0.130. The van der Waals surface area contributed by atoms with Gasteiger partial charge in [0, 0.05) is 35.0 Å². The van der Waals surface area contributed by atoms with Crippen LogP contribution in [0.4, 0.5) is 0 Å². The van der Waals surface area contributed by atoms with Crippen LogP contribution < -0.4 is 16.0 Å². The van der Waals surface area contributed by atoms with Crippen molar-refractivity contribution in [1.82, 2.24) is 26.1 Å². The van der Waals surface area contributed by atoms with Gasteiger partial charge in [-0.05, 0) is 75.6 Å². The summed E-state index contributed by atoms with van der Waals surface area (Å²) in [5.74, 6) is 1.79. The van der Waals surface area contributed by atoms with E-state index in [1.54, 1.807) is 0 Å². The summed E-state index contributed by atoms with van der Waals surface area (Å²) >= 11 is 5.95. The van der Waals surface area contributed by atoms with Crippen LogP contribution in [0.25, 0.3) is 11.5 Å². The molecule has 188 valence electrons. The molecule has 0 bridgehead atoms. The molecular formula is C26H34ClN5O3. The number of carbonyl (C=O) groups is 2. The Bertz CT molecular complexity index is 1020. The van der Waals surface area contributed by atoms with Gasteiger partial charge in [-0.2, -0.15) is 0 Å². The summed E-state index contributed by atoms with van der Waals surface area (Å²) in [7, 11) is 0. The Morgan fingerprint density at radius 3 is 2.63 bits per heavy atom. The van der Waals surface area contributed by atoms with Crippen LogP contribution in [-0.4, -0.2) is 40.3 Å². The molecule has 2 aromatic rings. The molecule has 2 heterocycles. The van der Waals surface area contributed by atoms with Crippen LogP contribution in [0, 0.1) is 5.92 Å². The minimum absolute atomic E-state index is 0.0164. The summed E-state index contributed by atoms with van der Waals surface area (Å²) in [6.07, 6.45) is 10.0. The molecule has 2 saturated carbocycles. The lowest BCUT2D eigenvalue weighted by Crippen LogP contribution is -2.62. The summed E-state index contributed by atoms with van der Waals surface area (Å²) in [5, 5.41) is 19.0. The molecule has 2 aliphatic carbocycles. The van der Waals surface area contributed by atoms with Crippen molar-refractivity contribution in [3.05, 3.63) is 35.2 Å². The van der Waals surface area contributed by atoms with Gasteiger partial charge in [0.25, 0.3) is 0 Å². The first-order chi connectivity index (χ1) is 17.0. The molecule has 1 aliphatic heterocycles. The smallest absolute Gasteiger partial charge is 0.247 e. The Morgan fingerprint density at radius 2 is 1.83 bits per heavy atom. The number of nitrogens with one attached hydrogen (secondary N) is 3. The van der Waals surface area contributed by atoms with Gasteiger partial charge in [0.1, 0.15) is 0 Å². The van der Waals surface area contributed by atoms with E-state index in [0.29, 0.717) is 29.3 Å². The van der Waals surface area contributed by atoms with E-state index < -0.39 is 0 Å². The molecule has 5 rings (SSSR count). The van der Waals surface area contributed by atoms with Crippen molar-refractivity contribution in [2.45, 2.75) is 94.8 Å². The molecular weight excluding hydrogens is 466 g/mol. The number of benzene rings is 1. The van der Waals surface area contributed by atoms with Crippen LogP contribution >= 0.6 is 11.6 Å². The number of amides is 2. The fourth-order valence-electron chi connectivity index (χ4n) is 5.74. The van der Waals surface area contributed by atoms with Crippen molar-refractivity contribution in [3.63, 3.8) is 0 Å². The van der Waals surface area contributed by atoms with Crippen LogP contribution in [-0.2, 0) is 9.59 Å². The van der Waals surface area contributed by atoms with Gasteiger partial charge in [-0.3, -0.25) is 14.9 Å². The number of halogens is 1. The van der Waals surface area contributed by atoms with Gasteiger partial charge >= 0.3 is 0 Å². The van der Waals surface area contributed by atoms with Crippen molar-refractivity contribution < 1.29 is 14.0 Å². The van der Waals surface area contributed by atoms with Gasteiger partial charge in [0.15, 0.2) is 0 Å². The zero-order valence-electron chi connectivity index (χ0n) is 20.0. The number of hydrogen-bond donors (Lipinski definition) is 3. The van der Waals surface area contributed by atoms with Crippen LogP contribution in [0.15, 0.2) is 28.7 Å². The van der Waals surface area contributed by atoms with Crippen molar-refractivity contribution >= 4 is 23.4 Å². The van der Waals surface area contributed by atoms with Gasteiger partial charge < -0.3 is 15.1 Å². The van der Waals surface area contributed by atoms with Crippen LogP contribution in [0.1, 0.15) is 82.4 Å². The lowest BCUT2D eigenvalue weighted by atomic mass is 9.82. The molecule has 3 N–H and O–H groups in total. The Kier molecular flexibility index (Phi) is 7.68. The largest absolute Gasteiger partial charge is 0.420 e. The predicted molar refractivity (Wildman–Crippen MR) is 133 cm³/mol.